The van der Waals surface area contributed by atoms with E-state index in [0.717, 1.165) is 48.9 Å². The van der Waals surface area contributed by atoms with E-state index in [1.165, 1.54) is 0 Å². The van der Waals surface area contributed by atoms with Gasteiger partial charge in [-0.2, -0.15) is 0 Å². The van der Waals surface area contributed by atoms with Crippen molar-refractivity contribution in [2.45, 2.75) is 18.4 Å². The fourth-order valence-electron chi connectivity index (χ4n) is 3.89. The first kappa shape index (κ1) is 21.7. The van der Waals surface area contributed by atoms with Crippen LogP contribution >= 0.6 is 11.3 Å². The summed E-state index contributed by atoms with van der Waals surface area (Å²) >= 11 is 1.67. The highest BCUT2D eigenvalue weighted by atomic mass is 32.2. The standard InChI is InChI=1S/C23H24N6O2S2/c1-17-24-18(16-32-17)15-28-11-13-29(14-12-28)23-22(25-20-9-5-6-10-21(20)26-23)27-33(30,31)19-7-3-2-4-8-19/h2-10,16H,11-15H2,1H3,(H,25,27). The molecule has 170 valence electrons. The van der Waals surface area contributed by atoms with Gasteiger partial charge in [-0.05, 0) is 31.2 Å². The van der Waals surface area contributed by atoms with Crippen LogP contribution in [-0.2, 0) is 16.6 Å². The molecule has 2 aromatic carbocycles. The lowest BCUT2D eigenvalue weighted by atomic mass is 10.2. The van der Waals surface area contributed by atoms with Gasteiger partial charge >= 0.3 is 0 Å². The molecule has 0 atom stereocenters. The Kier molecular flexibility index (Phi) is 5.96. The lowest BCUT2D eigenvalue weighted by Crippen LogP contribution is -2.46. The zero-order valence-electron chi connectivity index (χ0n) is 18.2. The SMILES string of the molecule is Cc1nc(CN2CCN(c3nc4ccccc4nc3NS(=O)(=O)c3ccccc3)CC2)cs1. The Morgan fingerprint density at radius 2 is 1.58 bits per heavy atom. The van der Waals surface area contributed by atoms with Gasteiger partial charge in [0.1, 0.15) is 0 Å². The lowest BCUT2D eigenvalue weighted by molar-refractivity contribution is 0.247. The quantitative estimate of drug-likeness (QED) is 0.451. The molecule has 0 amide bonds. The van der Waals surface area contributed by atoms with Crippen molar-refractivity contribution in [2.24, 2.45) is 0 Å². The molecule has 4 aromatic rings. The van der Waals surface area contributed by atoms with E-state index in [0.29, 0.717) is 11.3 Å². The minimum absolute atomic E-state index is 0.189. The number of aromatic nitrogens is 3. The number of fused-ring (bicyclic) bond motifs is 1. The summed E-state index contributed by atoms with van der Waals surface area (Å²) in [6.45, 7) is 5.93. The molecule has 0 aliphatic carbocycles. The number of para-hydroxylation sites is 2. The maximum Gasteiger partial charge on any atom is 0.263 e. The summed E-state index contributed by atoms with van der Waals surface area (Å²) in [5, 5.41) is 3.18. The van der Waals surface area contributed by atoms with Crippen LogP contribution < -0.4 is 9.62 Å². The summed E-state index contributed by atoms with van der Waals surface area (Å²) in [5.74, 6) is 0.804. The molecule has 1 saturated heterocycles. The number of benzene rings is 2. The summed E-state index contributed by atoms with van der Waals surface area (Å²) in [4.78, 5) is 18.6. The van der Waals surface area contributed by atoms with Crippen LogP contribution in [0.25, 0.3) is 11.0 Å². The Balaban J connectivity index is 1.41. The van der Waals surface area contributed by atoms with Crippen LogP contribution in [0.1, 0.15) is 10.7 Å². The van der Waals surface area contributed by atoms with Gasteiger partial charge in [0, 0.05) is 38.1 Å². The van der Waals surface area contributed by atoms with Crippen molar-refractivity contribution >= 4 is 44.0 Å². The summed E-state index contributed by atoms with van der Waals surface area (Å²) < 4.78 is 28.7. The Bertz CT molecular complexity index is 1370. The smallest absolute Gasteiger partial charge is 0.263 e. The average molecular weight is 481 g/mol. The number of nitrogens with zero attached hydrogens (tertiary/aromatic N) is 5. The van der Waals surface area contributed by atoms with Gasteiger partial charge in [0.2, 0.25) is 0 Å². The highest BCUT2D eigenvalue weighted by Gasteiger charge is 2.25. The minimum Gasteiger partial charge on any atom is -0.351 e. The van der Waals surface area contributed by atoms with Gasteiger partial charge < -0.3 is 4.90 Å². The van der Waals surface area contributed by atoms with Gasteiger partial charge in [0.25, 0.3) is 10.0 Å². The van der Waals surface area contributed by atoms with E-state index in [1.807, 2.05) is 31.2 Å². The van der Waals surface area contributed by atoms with Crippen molar-refractivity contribution in [1.82, 2.24) is 19.9 Å². The maximum absolute atomic E-state index is 13.0. The third-order valence-corrected chi connectivity index (χ3v) is 7.74. The number of rotatable bonds is 6. The van der Waals surface area contributed by atoms with Crippen LogP contribution in [0.2, 0.25) is 0 Å². The van der Waals surface area contributed by atoms with E-state index >= 15 is 0 Å². The van der Waals surface area contributed by atoms with Crippen molar-refractivity contribution in [3.05, 3.63) is 70.7 Å². The van der Waals surface area contributed by atoms with E-state index in [2.05, 4.69) is 29.9 Å². The van der Waals surface area contributed by atoms with Crippen LogP contribution in [0, 0.1) is 6.92 Å². The molecule has 0 radical (unpaired) electrons. The van der Waals surface area contributed by atoms with Gasteiger partial charge in [0.05, 0.1) is 26.6 Å². The molecular formula is C23H24N6O2S2. The van der Waals surface area contributed by atoms with Gasteiger partial charge in [-0.15, -0.1) is 11.3 Å². The predicted molar refractivity (Wildman–Crippen MR) is 131 cm³/mol. The number of piperazine rings is 1. The first-order valence-corrected chi connectivity index (χ1v) is 13.1. The van der Waals surface area contributed by atoms with Crippen molar-refractivity contribution in [2.75, 3.05) is 35.8 Å². The van der Waals surface area contributed by atoms with E-state index in [9.17, 15) is 8.42 Å². The van der Waals surface area contributed by atoms with Crippen molar-refractivity contribution in [3.63, 3.8) is 0 Å². The molecule has 10 heteroatoms. The lowest BCUT2D eigenvalue weighted by Gasteiger charge is -2.35. The maximum atomic E-state index is 13.0. The van der Waals surface area contributed by atoms with Crippen LogP contribution in [-0.4, -0.2) is 54.4 Å². The van der Waals surface area contributed by atoms with Crippen LogP contribution in [0.15, 0.2) is 64.9 Å². The molecule has 1 aliphatic heterocycles. The molecular weight excluding hydrogens is 456 g/mol. The summed E-state index contributed by atoms with van der Waals surface area (Å²) in [7, 11) is -3.79. The number of hydrogen-bond acceptors (Lipinski definition) is 8. The normalized spacial score (nSPS) is 15.1. The molecule has 3 heterocycles. The molecule has 1 aliphatic rings. The Morgan fingerprint density at radius 1 is 0.909 bits per heavy atom. The first-order chi connectivity index (χ1) is 16.0. The Hall–Kier alpha value is -3.08. The second kappa shape index (κ2) is 9.05. The number of hydrogen-bond donors (Lipinski definition) is 1. The molecule has 1 fully saturated rings. The Morgan fingerprint density at radius 3 is 2.24 bits per heavy atom. The molecule has 0 bridgehead atoms. The molecule has 1 N–H and O–H groups in total. The number of anilines is 2. The van der Waals surface area contributed by atoms with Crippen LogP contribution in [0.3, 0.4) is 0 Å². The fourth-order valence-corrected chi connectivity index (χ4v) is 5.52. The zero-order valence-corrected chi connectivity index (χ0v) is 19.8. The molecule has 33 heavy (non-hydrogen) atoms. The largest absolute Gasteiger partial charge is 0.351 e. The van der Waals surface area contributed by atoms with Crippen molar-refractivity contribution in [3.8, 4) is 0 Å². The molecule has 0 saturated carbocycles. The predicted octanol–water partition coefficient (Wildman–Crippen LogP) is 3.52. The van der Waals surface area contributed by atoms with E-state index in [1.54, 1.807) is 41.7 Å². The number of nitrogens with one attached hydrogen (secondary N) is 1. The third kappa shape index (κ3) is 4.82. The molecule has 0 unspecified atom stereocenters. The molecule has 2 aromatic heterocycles. The van der Waals surface area contributed by atoms with E-state index < -0.39 is 10.0 Å². The van der Waals surface area contributed by atoms with Gasteiger partial charge in [-0.3, -0.25) is 9.62 Å². The number of thiazole rings is 1. The van der Waals surface area contributed by atoms with Gasteiger partial charge in [0.15, 0.2) is 11.6 Å². The molecule has 8 nitrogen and oxygen atoms in total. The monoisotopic (exact) mass is 480 g/mol. The zero-order chi connectivity index (χ0) is 22.8. The molecule has 0 spiro atoms. The van der Waals surface area contributed by atoms with Crippen molar-refractivity contribution in [1.29, 1.82) is 0 Å². The summed E-state index contributed by atoms with van der Waals surface area (Å²) in [6.07, 6.45) is 0. The van der Waals surface area contributed by atoms with Crippen LogP contribution in [0.4, 0.5) is 11.6 Å². The van der Waals surface area contributed by atoms with Crippen molar-refractivity contribution < 1.29 is 8.42 Å². The van der Waals surface area contributed by atoms with Gasteiger partial charge in [-0.1, -0.05) is 30.3 Å². The second-order valence-corrected chi connectivity index (χ2v) is 10.7. The van der Waals surface area contributed by atoms with Gasteiger partial charge in [-0.25, -0.2) is 23.4 Å². The summed E-state index contributed by atoms with van der Waals surface area (Å²) in [6, 6.07) is 15.8. The second-order valence-electron chi connectivity index (χ2n) is 7.92. The topological polar surface area (TPSA) is 91.3 Å². The highest BCUT2D eigenvalue weighted by molar-refractivity contribution is 7.92. The van der Waals surface area contributed by atoms with E-state index in [-0.39, 0.29) is 10.7 Å². The average Bonchev–Trinajstić information content (AvgIpc) is 3.24. The highest BCUT2D eigenvalue weighted by Crippen LogP contribution is 2.28. The van der Waals surface area contributed by atoms with Crippen LogP contribution in [0.5, 0.6) is 0 Å². The minimum atomic E-state index is -3.79. The first-order valence-electron chi connectivity index (χ1n) is 10.7. The summed E-state index contributed by atoms with van der Waals surface area (Å²) in [5.41, 5.74) is 2.47. The molecule has 5 rings (SSSR count). The third-order valence-electron chi connectivity index (χ3n) is 5.56. The Labute approximate surface area is 197 Å². The fraction of sp³-hybridized carbons (Fsp3) is 0.261. The number of aryl methyl sites for hydroxylation is 1. The number of sulfonamides is 1. The van der Waals surface area contributed by atoms with E-state index in [4.69, 9.17) is 4.98 Å².